The number of carbonyl (C=O) groups excluding carboxylic acids is 1. The molecule has 138 valence electrons. The molecule has 0 saturated heterocycles. The van der Waals surface area contributed by atoms with E-state index < -0.39 is 17.6 Å². The fraction of sp³-hybridized carbons (Fsp3) is 0.105. The van der Waals surface area contributed by atoms with E-state index in [0.717, 1.165) is 0 Å². The van der Waals surface area contributed by atoms with E-state index in [1.165, 1.54) is 18.5 Å². The number of aromatic nitrogens is 2. The Balaban J connectivity index is 2.07. The normalized spacial score (nSPS) is 10.5. The average Bonchev–Trinajstić information content (AvgIpc) is 2.63. The zero-order valence-electron chi connectivity index (χ0n) is 14.4. The van der Waals surface area contributed by atoms with Crippen LogP contribution in [0.1, 0.15) is 6.92 Å². The number of anilines is 3. The van der Waals surface area contributed by atoms with Gasteiger partial charge in [0.1, 0.15) is 23.7 Å². The van der Waals surface area contributed by atoms with Crippen molar-refractivity contribution in [1.29, 1.82) is 0 Å². The summed E-state index contributed by atoms with van der Waals surface area (Å²) in [6, 6.07) is 9.05. The van der Waals surface area contributed by atoms with E-state index in [1.807, 2.05) is 0 Å². The highest BCUT2D eigenvalue weighted by atomic mass is 19.1. The van der Waals surface area contributed by atoms with Crippen molar-refractivity contribution in [3.8, 4) is 5.75 Å². The second kappa shape index (κ2) is 7.77. The Bertz CT molecular complexity index is 1020. The van der Waals surface area contributed by atoms with Gasteiger partial charge in [0.15, 0.2) is 5.83 Å². The summed E-state index contributed by atoms with van der Waals surface area (Å²) in [5.41, 5.74) is 1.27. The Labute approximate surface area is 153 Å². The number of carbonyl (C=O) groups is 1. The Hall–Kier alpha value is -3.55. The number of nitrogens with zero attached hydrogens (tertiary/aromatic N) is 2. The Kier molecular flexibility index (Phi) is 5.25. The third kappa shape index (κ3) is 4.17. The van der Waals surface area contributed by atoms with Crippen LogP contribution in [-0.2, 0) is 4.79 Å². The van der Waals surface area contributed by atoms with Crippen LogP contribution >= 0.6 is 0 Å². The number of nitrogens with one attached hydrogen (secondary N) is 2. The van der Waals surface area contributed by atoms with Crippen LogP contribution in [0.3, 0.4) is 0 Å². The Morgan fingerprint density at radius 1 is 1.26 bits per heavy atom. The molecule has 0 aliphatic carbocycles. The smallest absolute Gasteiger partial charge is 0.283 e. The average molecular weight is 370 g/mol. The van der Waals surface area contributed by atoms with Crippen LogP contribution in [0.25, 0.3) is 10.9 Å². The summed E-state index contributed by atoms with van der Waals surface area (Å²) < 4.78 is 32.0. The number of rotatable bonds is 6. The van der Waals surface area contributed by atoms with Crippen molar-refractivity contribution >= 4 is 34.0 Å². The van der Waals surface area contributed by atoms with Crippen LogP contribution in [0.2, 0.25) is 0 Å². The summed E-state index contributed by atoms with van der Waals surface area (Å²) in [7, 11) is 0. The number of ether oxygens (including phenoxy) is 1. The molecule has 0 aliphatic rings. The van der Waals surface area contributed by atoms with Crippen LogP contribution < -0.4 is 15.4 Å². The SMILES string of the molecule is C=C(F)C(=O)Nc1cc2c(Nc3cccc(F)c3)ncnc2cc1OCC. The minimum absolute atomic E-state index is 0.241. The molecular weight excluding hydrogens is 354 g/mol. The van der Waals surface area contributed by atoms with Crippen molar-refractivity contribution in [2.24, 2.45) is 0 Å². The number of hydrogen-bond donors (Lipinski definition) is 2. The molecule has 6 nitrogen and oxygen atoms in total. The minimum Gasteiger partial charge on any atom is -0.492 e. The fourth-order valence-electron chi connectivity index (χ4n) is 2.45. The van der Waals surface area contributed by atoms with E-state index in [2.05, 4.69) is 27.2 Å². The van der Waals surface area contributed by atoms with E-state index in [4.69, 9.17) is 4.74 Å². The maximum atomic E-state index is 13.4. The van der Waals surface area contributed by atoms with E-state index in [9.17, 15) is 13.6 Å². The molecule has 3 rings (SSSR count). The summed E-state index contributed by atoms with van der Waals surface area (Å²) in [6.45, 7) is 5.10. The number of benzene rings is 2. The first kappa shape index (κ1) is 18.2. The summed E-state index contributed by atoms with van der Waals surface area (Å²) in [6.07, 6.45) is 1.35. The van der Waals surface area contributed by atoms with Gasteiger partial charge in [0.2, 0.25) is 0 Å². The maximum Gasteiger partial charge on any atom is 0.283 e. The van der Waals surface area contributed by atoms with Gasteiger partial charge in [-0.2, -0.15) is 0 Å². The Morgan fingerprint density at radius 3 is 2.78 bits per heavy atom. The molecule has 0 radical (unpaired) electrons. The van der Waals surface area contributed by atoms with Gasteiger partial charge in [-0.25, -0.2) is 18.7 Å². The molecule has 3 aromatic rings. The first-order valence-electron chi connectivity index (χ1n) is 8.08. The lowest BCUT2D eigenvalue weighted by Crippen LogP contribution is -2.12. The van der Waals surface area contributed by atoms with Crippen LogP contribution in [0.4, 0.5) is 26.0 Å². The molecule has 27 heavy (non-hydrogen) atoms. The van der Waals surface area contributed by atoms with Crippen molar-refractivity contribution in [3.63, 3.8) is 0 Å². The van der Waals surface area contributed by atoms with E-state index >= 15 is 0 Å². The van der Waals surface area contributed by atoms with E-state index in [1.54, 1.807) is 31.2 Å². The second-order valence-corrected chi connectivity index (χ2v) is 5.52. The van der Waals surface area contributed by atoms with Gasteiger partial charge >= 0.3 is 0 Å². The van der Waals surface area contributed by atoms with Gasteiger partial charge in [-0.1, -0.05) is 12.6 Å². The van der Waals surface area contributed by atoms with Gasteiger partial charge in [0.05, 0.1) is 17.8 Å². The Morgan fingerprint density at radius 2 is 2.07 bits per heavy atom. The summed E-state index contributed by atoms with van der Waals surface area (Å²) >= 11 is 0. The van der Waals surface area contributed by atoms with Gasteiger partial charge in [-0.3, -0.25) is 4.79 Å². The molecule has 0 atom stereocenters. The van der Waals surface area contributed by atoms with Crippen molar-refractivity contribution in [2.75, 3.05) is 17.2 Å². The van der Waals surface area contributed by atoms with Gasteiger partial charge in [0.25, 0.3) is 5.91 Å². The lowest BCUT2D eigenvalue weighted by Gasteiger charge is -2.14. The topological polar surface area (TPSA) is 76.1 Å². The molecule has 0 fully saturated rings. The molecule has 1 amide bonds. The highest BCUT2D eigenvalue weighted by Crippen LogP contribution is 2.33. The zero-order valence-corrected chi connectivity index (χ0v) is 14.4. The maximum absolute atomic E-state index is 13.4. The third-order valence-corrected chi connectivity index (χ3v) is 3.62. The largest absolute Gasteiger partial charge is 0.492 e. The van der Waals surface area contributed by atoms with E-state index in [0.29, 0.717) is 34.8 Å². The highest BCUT2D eigenvalue weighted by Gasteiger charge is 2.15. The van der Waals surface area contributed by atoms with Crippen molar-refractivity contribution in [3.05, 3.63) is 60.9 Å². The van der Waals surface area contributed by atoms with Crippen molar-refractivity contribution < 1.29 is 18.3 Å². The number of hydrogen-bond acceptors (Lipinski definition) is 5. The summed E-state index contributed by atoms with van der Waals surface area (Å²) in [4.78, 5) is 20.1. The molecule has 1 aromatic heterocycles. The standard InChI is InChI=1S/C19H16F2N4O2/c1-3-27-17-9-15-14(8-16(17)25-19(26)11(2)20)18(23-10-22-15)24-13-6-4-5-12(21)7-13/h4-10H,2-3H2,1H3,(H,25,26)(H,22,23,24). The molecule has 2 aromatic carbocycles. The van der Waals surface area contributed by atoms with Gasteiger partial charge < -0.3 is 15.4 Å². The lowest BCUT2D eigenvalue weighted by atomic mass is 10.1. The quantitative estimate of drug-likeness (QED) is 0.632. The molecule has 0 bridgehead atoms. The second-order valence-electron chi connectivity index (χ2n) is 5.52. The van der Waals surface area contributed by atoms with Crippen LogP contribution in [0, 0.1) is 5.82 Å². The van der Waals surface area contributed by atoms with Gasteiger partial charge in [0, 0.05) is 17.1 Å². The van der Waals surface area contributed by atoms with E-state index in [-0.39, 0.29) is 5.69 Å². The van der Waals surface area contributed by atoms with Gasteiger partial charge in [-0.05, 0) is 31.2 Å². The van der Waals surface area contributed by atoms with Crippen LogP contribution in [-0.4, -0.2) is 22.5 Å². The minimum atomic E-state index is -1.13. The number of halogens is 2. The third-order valence-electron chi connectivity index (χ3n) is 3.62. The predicted molar refractivity (Wildman–Crippen MR) is 99.3 cm³/mol. The molecule has 0 unspecified atom stereocenters. The lowest BCUT2D eigenvalue weighted by molar-refractivity contribution is -0.114. The fourth-order valence-corrected chi connectivity index (χ4v) is 2.45. The highest BCUT2D eigenvalue weighted by molar-refractivity contribution is 6.05. The summed E-state index contributed by atoms with van der Waals surface area (Å²) in [5, 5.41) is 5.94. The molecular formula is C19H16F2N4O2. The predicted octanol–water partition coefficient (Wildman–Crippen LogP) is 4.33. The van der Waals surface area contributed by atoms with Crippen molar-refractivity contribution in [2.45, 2.75) is 6.92 Å². The molecule has 8 heteroatoms. The molecule has 0 aliphatic heterocycles. The molecule has 0 saturated carbocycles. The zero-order chi connectivity index (χ0) is 19.4. The molecule has 1 heterocycles. The number of fused-ring (bicyclic) bond motifs is 1. The number of amides is 1. The summed E-state index contributed by atoms with van der Waals surface area (Å²) in [5.74, 6) is -1.78. The first-order chi connectivity index (χ1) is 13.0. The molecule has 2 N–H and O–H groups in total. The van der Waals surface area contributed by atoms with Crippen molar-refractivity contribution in [1.82, 2.24) is 9.97 Å². The van der Waals surface area contributed by atoms with Crippen LogP contribution in [0.5, 0.6) is 5.75 Å². The van der Waals surface area contributed by atoms with Crippen LogP contribution in [0.15, 0.2) is 55.1 Å². The molecule has 0 spiro atoms. The first-order valence-corrected chi connectivity index (χ1v) is 8.08. The monoisotopic (exact) mass is 370 g/mol. The van der Waals surface area contributed by atoms with Gasteiger partial charge in [-0.15, -0.1) is 0 Å².